The minimum atomic E-state index is 0.325. The van der Waals surface area contributed by atoms with Gasteiger partial charge in [0.05, 0.1) is 0 Å². The summed E-state index contributed by atoms with van der Waals surface area (Å²) in [4.78, 5) is 0. The van der Waals surface area contributed by atoms with E-state index in [-0.39, 0.29) is 0 Å². The minimum absolute atomic E-state index is 0.325. The van der Waals surface area contributed by atoms with Gasteiger partial charge in [-0.25, -0.2) is 0 Å². The van der Waals surface area contributed by atoms with Crippen LogP contribution < -0.4 is 5.73 Å². The molecular formula is C11H14ClN. The predicted molar refractivity (Wildman–Crippen MR) is 56.2 cm³/mol. The molecule has 1 aromatic carbocycles. The highest BCUT2D eigenvalue weighted by Crippen LogP contribution is 2.26. The van der Waals surface area contributed by atoms with E-state index < -0.39 is 0 Å². The fourth-order valence-corrected chi connectivity index (χ4v) is 2.12. The van der Waals surface area contributed by atoms with Crippen LogP contribution in [0.1, 0.15) is 23.1 Å². The SMILES string of the molecule is Cc1cc2c(cc1Cl)C[C@@H](N)CC2. The lowest BCUT2D eigenvalue weighted by Crippen LogP contribution is -2.27. The molecule has 0 bridgehead atoms. The van der Waals surface area contributed by atoms with Crippen LogP contribution in [0, 0.1) is 6.92 Å². The molecule has 0 spiro atoms. The van der Waals surface area contributed by atoms with E-state index in [9.17, 15) is 0 Å². The third kappa shape index (κ3) is 1.72. The third-order valence-corrected chi connectivity index (χ3v) is 3.15. The highest BCUT2D eigenvalue weighted by molar-refractivity contribution is 6.31. The molecule has 2 rings (SSSR count). The van der Waals surface area contributed by atoms with E-state index in [2.05, 4.69) is 19.1 Å². The van der Waals surface area contributed by atoms with Crippen LogP contribution in [0.2, 0.25) is 5.02 Å². The molecule has 2 heteroatoms. The molecular weight excluding hydrogens is 182 g/mol. The van der Waals surface area contributed by atoms with Gasteiger partial charge in [-0.15, -0.1) is 0 Å². The maximum atomic E-state index is 6.05. The Morgan fingerprint density at radius 1 is 1.38 bits per heavy atom. The lowest BCUT2D eigenvalue weighted by atomic mass is 9.88. The maximum Gasteiger partial charge on any atom is 0.0438 e. The van der Waals surface area contributed by atoms with E-state index in [0.717, 1.165) is 24.3 Å². The standard InChI is InChI=1S/C11H14ClN/c1-7-4-8-2-3-10(13)5-9(8)6-11(7)12/h4,6,10H,2-3,5,13H2,1H3/t10-/m0/s1. The smallest absolute Gasteiger partial charge is 0.0438 e. The van der Waals surface area contributed by atoms with Gasteiger partial charge in [0.2, 0.25) is 0 Å². The van der Waals surface area contributed by atoms with Gasteiger partial charge in [0.1, 0.15) is 0 Å². The number of halogens is 1. The van der Waals surface area contributed by atoms with Crippen molar-refractivity contribution >= 4 is 11.6 Å². The summed E-state index contributed by atoms with van der Waals surface area (Å²) in [5.74, 6) is 0. The molecule has 0 heterocycles. The molecule has 0 saturated heterocycles. The van der Waals surface area contributed by atoms with E-state index in [0.29, 0.717) is 6.04 Å². The first-order valence-corrected chi connectivity index (χ1v) is 5.08. The number of hydrogen-bond donors (Lipinski definition) is 1. The van der Waals surface area contributed by atoms with Crippen LogP contribution in [0.4, 0.5) is 0 Å². The number of hydrogen-bond acceptors (Lipinski definition) is 1. The van der Waals surface area contributed by atoms with Crippen molar-refractivity contribution in [3.05, 3.63) is 33.8 Å². The summed E-state index contributed by atoms with van der Waals surface area (Å²) in [6.07, 6.45) is 3.19. The van der Waals surface area contributed by atoms with Crippen molar-refractivity contribution in [3.8, 4) is 0 Å². The number of benzene rings is 1. The van der Waals surface area contributed by atoms with E-state index in [4.69, 9.17) is 17.3 Å². The molecule has 0 radical (unpaired) electrons. The average molecular weight is 196 g/mol. The Labute approximate surface area is 83.9 Å². The second-order valence-corrected chi connectivity index (χ2v) is 4.28. The number of rotatable bonds is 0. The average Bonchev–Trinajstić information content (AvgIpc) is 2.08. The molecule has 1 aliphatic rings. The van der Waals surface area contributed by atoms with Gasteiger partial charge in [-0.05, 0) is 48.9 Å². The van der Waals surface area contributed by atoms with Crippen LogP contribution in [0.25, 0.3) is 0 Å². The van der Waals surface area contributed by atoms with Crippen molar-refractivity contribution in [2.45, 2.75) is 32.2 Å². The molecule has 13 heavy (non-hydrogen) atoms. The van der Waals surface area contributed by atoms with Crippen LogP contribution in [-0.2, 0) is 12.8 Å². The van der Waals surface area contributed by atoms with Crippen molar-refractivity contribution in [2.24, 2.45) is 5.73 Å². The predicted octanol–water partition coefficient (Wildman–Crippen LogP) is 2.46. The van der Waals surface area contributed by atoms with Gasteiger partial charge in [-0.3, -0.25) is 0 Å². The summed E-state index contributed by atoms with van der Waals surface area (Å²) in [5.41, 5.74) is 9.85. The second kappa shape index (κ2) is 3.32. The number of nitrogens with two attached hydrogens (primary N) is 1. The normalized spacial score (nSPS) is 21.3. The van der Waals surface area contributed by atoms with Gasteiger partial charge >= 0.3 is 0 Å². The Hall–Kier alpha value is -0.530. The molecule has 0 aliphatic heterocycles. The fourth-order valence-electron chi connectivity index (χ4n) is 1.93. The molecule has 0 amide bonds. The maximum absolute atomic E-state index is 6.05. The lowest BCUT2D eigenvalue weighted by Gasteiger charge is -2.22. The quantitative estimate of drug-likeness (QED) is 0.676. The van der Waals surface area contributed by atoms with E-state index in [1.54, 1.807) is 0 Å². The second-order valence-electron chi connectivity index (χ2n) is 3.87. The summed E-state index contributed by atoms with van der Waals surface area (Å²) in [5, 5.41) is 0.868. The van der Waals surface area contributed by atoms with Crippen molar-refractivity contribution in [2.75, 3.05) is 0 Å². The molecule has 0 unspecified atom stereocenters. The van der Waals surface area contributed by atoms with Gasteiger partial charge in [-0.2, -0.15) is 0 Å². The molecule has 0 aromatic heterocycles. The molecule has 2 N–H and O–H groups in total. The van der Waals surface area contributed by atoms with Crippen molar-refractivity contribution in [1.29, 1.82) is 0 Å². The molecule has 1 aromatic rings. The summed E-state index contributed by atoms with van der Waals surface area (Å²) >= 11 is 6.05. The lowest BCUT2D eigenvalue weighted by molar-refractivity contribution is 0.576. The summed E-state index contributed by atoms with van der Waals surface area (Å²) in [7, 11) is 0. The third-order valence-electron chi connectivity index (χ3n) is 2.75. The van der Waals surface area contributed by atoms with E-state index in [1.165, 1.54) is 16.7 Å². The molecule has 1 atom stereocenters. The topological polar surface area (TPSA) is 26.0 Å². The molecule has 0 fully saturated rings. The zero-order valence-electron chi connectivity index (χ0n) is 7.81. The molecule has 70 valence electrons. The summed E-state index contributed by atoms with van der Waals surface area (Å²) in [6.45, 7) is 2.05. The molecule has 1 nitrogen and oxygen atoms in total. The highest BCUT2D eigenvalue weighted by atomic mass is 35.5. The van der Waals surface area contributed by atoms with Crippen molar-refractivity contribution in [1.82, 2.24) is 0 Å². The molecule has 1 aliphatic carbocycles. The van der Waals surface area contributed by atoms with Gasteiger partial charge in [0.25, 0.3) is 0 Å². The van der Waals surface area contributed by atoms with Crippen LogP contribution in [0.5, 0.6) is 0 Å². The molecule has 0 saturated carbocycles. The largest absolute Gasteiger partial charge is 0.327 e. The Bertz CT molecular complexity index is 333. The van der Waals surface area contributed by atoms with Crippen LogP contribution in [-0.4, -0.2) is 6.04 Å². The van der Waals surface area contributed by atoms with Gasteiger partial charge in [-0.1, -0.05) is 17.7 Å². The van der Waals surface area contributed by atoms with Crippen molar-refractivity contribution in [3.63, 3.8) is 0 Å². The first-order chi connectivity index (χ1) is 6.16. The monoisotopic (exact) mass is 195 g/mol. The first-order valence-electron chi connectivity index (χ1n) is 4.70. The van der Waals surface area contributed by atoms with Crippen LogP contribution in [0.15, 0.2) is 12.1 Å². The number of fused-ring (bicyclic) bond motifs is 1. The summed E-state index contributed by atoms with van der Waals surface area (Å²) in [6, 6.07) is 4.60. The highest BCUT2D eigenvalue weighted by Gasteiger charge is 2.16. The number of aryl methyl sites for hydroxylation is 2. The first kappa shape index (κ1) is 9.04. The zero-order chi connectivity index (χ0) is 9.42. The van der Waals surface area contributed by atoms with Crippen LogP contribution in [0.3, 0.4) is 0 Å². The summed E-state index contributed by atoms with van der Waals surface area (Å²) < 4.78 is 0. The van der Waals surface area contributed by atoms with Crippen molar-refractivity contribution < 1.29 is 0 Å². The van der Waals surface area contributed by atoms with Gasteiger partial charge in [0, 0.05) is 11.1 Å². The Balaban J connectivity index is 2.43. The Morgan fingerprint density at radius 2 is 2.15 bits per heavy atom. The van der Waals surface area contributed by atoms with E-state index >= 15 is 0 Å². The Kier molecular flexibility index (Phi) is 2.31. The zero-order valence-corrected chi connectivity index (χ0v) is 8.56. The Morgan fingerprint density at radius 3 is 2.92 bits per heavy atom. The van der Waals surface area contributed by atoms with Gasteiger partial charge in [0.15, 0.2) is 0 Å². The van der Waals surface area contributed by atoms with E-state index in [1.807, 2.05) is 0 Å². The minimum Gasteiger partial charge on any atom is -0.327 e. The fraction of sp³-hybridized carbons (Fsp3) is 0.455. The van der Waals surface area contributed by atoms with Gasteiger partial charge < -0.3 is 5.73 Å². The van der Waals surface area contributed by atoms with Crippen LogP contribution >= 0.6 is 11.6 Å².